The van der Waals surface area contributed by atoms with Crippen LogP contribution in [0.4, 0.5) is 5.69 Å². The molecule has 2 N–H and O–H groups in total. The van der Waals surface area contributed by atoms with Crippen molar-refractivity contribution in [3.8, 4) is 5.75 Å². The summed E-state index contributed by atoms with van der Waals surface area (Å²) in [5.74, 6) is 0.257. The number of carbonyl (C=O) groups excluding carboxylic acids is 1. The number of rotatable bonds is 8. The van der Waals surface area contributed by atoms with Crippen LogP contribution in [0, 0.1) is 13.8 Å². The number of aromatic nitrogens is 1. The lowest BCUT2D eigenvalue weighted by molar-refractivity contribution is 0.103. The molecule has 0 atom stereocenters. The molecule has 33 heavy (non-hydrogen) atoms. The summed E-state index contributed by atoms with van der Waals surface area (Å²) in [5, 5.41) is 14.3. The molecule has 4 aromatic rings. The first-order valence-electron chi connectivity index (χ1n) is 11.0. The minimum atomic E-state index is -0.0162. The molecular formula is C29H28N2O2. The average molecular weight is 437 g/mol. The van der Waals surface area contributed by atoms with Crippen molar-refractivity contribution in [3.63, 3.8) is 0 Å². The van der Waals surface area contributed by atoms with Crippen LogP contribution in [0.15, 0.2) is 73.8 Å². The third-order valence-electron chi connectivity index (χ3n) is 6.14. The van der Waals surface area contributed by atoms with E-state index >= 15 is 0 Å². The maximum Gasteiger partial charge on any atom is 0.196 e. The summed E-state index contributed by atoms with van der Waals surface area (Å²) in [6.07, 6.45) is 3.47. The fraction of sp³-hybridized carbons (Fsp3) is 0.138. The summed E-state index contributed by atoms with van der Waals surface area (Å²) in [5.41, 5.74) is 6.68. The van der Waals surface area contributed by atoms with E-state index < -0.39 is 0 Å². The first kappa shape index (κ1) is 22.2. The third-order valence-corrected chi connectivity index (χ3v) is 6.14. The molecule has 3 aromatic carbocycles. The maximum absolute atomic E-state index is 13.8. The minimum absolute atomic E-state index is 0.0162. The van der Waals surface area contributed by atoms with Gasteiger partial charge in [-0.3, -0.25) is 4.79 Å². The van der Waals surface area contributed by atoms with Gasteiger partial charge in [0, 0.05) is 47.0 Å². The highest BCUT2D eigenvalue weighted by molar-refractivity contribution is 6.19. The van der Waals surface area contributed by atoms with Gasteiger partial charge in [-0.15, -0.1) is 0 Å². The summed E-state index contributed by atoms with van der Waals surface area (Å²) in [6.45, 7) is 13.0. The SMILES string of the molecule is C=Cc1cccc(C(=O)c2c(C)n(CCNc3ccc(C)c(O)c3)c3ccccc23)c1C=C. The number of aromatic hydroxyl groups is 1. The van der Waals surface area contributed by atoms with E-state index in [-0.39, 0.29) is 11.5 Å². The Morgan fingerprint density at radius 1 is 1.03 bits per heavy atom. The van der Waals surface area contributed by atoms with Crippen LogP contribution in [-0.2, 0) is 6.54 Å². The second-order valence-corrected chi connectivity index (χ2v) is 8.10. The molecule has 1 aromatic heterocycles. The molecule has 4 rings (SSSR count). The normalized spacial score (nSPS) is 10.8. The van der Waals surface area contributed by atoms with Crippen LogP contribution in [0.3, 0.4) is 0 Å². The van der Waals surface area contributed by atoms with Crippen LogP contribution in [0.1, 0.15) is 38.3 Å². The number of nitrogens with zero attached hydrogens (tertiary/aromatic N) is 1. The zero-order valence-corrected chi connectivity index (χ0v) is 19.1. The first-order valence-corrected chi connectivity index (χ1v) is 11.0. The lowest BCUT2D eigenvalue weighted by Crippen LogP contribution is -2.13. The largest absolute Gasteiger partial charge is 0.508 e. The summed E-state index contributed by atoms with van der Waals surface area (Å²) in [4.78, 5) is 13.8. The Kier molecular flexibility index (Phi) is 6.18. The fourth-order valence-electron chi connectivity index (χ4n) is 4.36. The molecule has 0 fully saturated rings. The van der Waals surface area contributed by atoms with Gasteiger partial charge in [0.25, 0.3) is 0 Å². The predicted octanol–water partition coefficient (Wildman–Crippen LogP) is 6.59. The molecule has 0 saturated heterocycles. The Labute approximate surface area is 194 Å². The predicted molar refractivity (Wildman–Crippen MR) is 138 cm³/mol. The van der Waals surface area contributed by atoms with Crippen LogP contribution < -0.4 is 5.32 Å². The molecule has 4 nitrogen and oxygen atoms in total. The van der Waals surface area contributed by atoms with Gasteiger partial charge in [0.05, 0.1) is 5.56 Å². The molecule has 0 amide bonds. The zero-order valence-electron chi connectivity index (χ0n) is 19.1. The number of carbonyl (C=O) groups is 1. The van der Waals surface area contributed by atoms with Crippen molar-refractivity contribution in [1.29, 1.82) is 0 Å². The lowest BCUT2D eigenvalue weighted by atomic mass is 9.93. The van der Waals surface area contributed by atoms with Gasteiger partial charge >= 0.3 is 0 Å². The Hall–Kier alpha value is -4.05. The van der Waals surface area contributed by atoms with E-state index in [0.717, 1.165) is 39.0 Å². The molecule has 166 valence electrons. The number of anilines is 1. The topological polar surface area (TPSA) is 54.3 Å². The third kappa shape index (κ3) is 4.08. The van der Waals surface area contributed by atoms with Crippen LogP contribution in [0.5, 0.6) is 5.75 Å². The van der Waals surface area contributed by atoms with Crippen molar-refractivity contribution >= 4 is 34.5 Å². The molecule has 0 aliphatic carbocycles. The van der Waals surface area contributed by atoms with E-state index in [4.69, 9.17) is 0 Å². The number of phenols is 1. The molecule has 0 radical (unpaired) electrons. The maximum atomic E-state index is 13.8. The molecule has 4 heteroatoms. The smallest absolute Gasteiger partial charge is 0.196 e. The lowest BCUT2D eigenvalue weighted by Gasteiger charge is -2.12. The molecular weight excluding hydrogens is 408 g/mol. The van der Waals surface area contributed by atoms with Crippen molar-refractivity contribution in [2.45, 2.75) is 20.4 Å². The van der Waals surface area contributed by atoms with Crippen LogP contribution >= 0.6 is 0 Å². The first-order chi connectivity index (χ1) is 16.0. The van der Waals surface area contributed by atoms with Crippen molar-refractivity contribution in [2.24, 2.45) is 0 Å². The number of fused-ring (bicyclic) bond motifs is 1. The van der Waals surface area contributed by atoms with Crippen molar-refractivity contribution in [3.05, 3.63) is 107 Å². The number of benzene rings is 3. The van der Waals surface area contributed by atoms with Gasteiger partial charge in [-0.2, -0.15) is 0 Å². The molecule has 0 aliphatic heterocycles. The summed E-state index contributed by atoms with van der Waals surface area (Å²) in [7, 11) is 0. The molecule has 1 heterocycles. The Bertz CT molecular complexity index is 1380. The molecule has 0 spiro atoms. The standard InChI is InChI=1S/C29H28N2O2/c1-5-21-10-9-12-24(23(21)6-2)29(33)28-20(4)31(26-13-8-7-11-25(26)28)17-16-30-22-15-14-19(3)27(32)18-22/h5-15,18,30,32H,1-2,16-17H2,3-4H3. The highest BCUT2D eigenvalue weighted by atomic mass is 16.3. The molecule has 0 bridgehead atoms. The zero-order chi connectivity index (χ0) is 23.5. The molecule has 0 saturated carbocycles. The highest BCUT2D eigenvalue weighted by Crippen LogP contribution is 2.30. The van der Waals surface area contributed by atoms with Crippen molar-refractivity contribution < 1.29 is 9.90 Å². The number of nitrogens with one attached hydrogen (secondary N) is 1. The van der Waals surface area contributed by atoms with Gasteiger partial charge in [-0.05, 0) is 42.7 Å². The number of hydrogen-bond donors (Lipinski definition) is 2. The van der Waals surface area contributed by atoms with Gasteiger partial charge in [-0.1, -0.05) is 67.8 Å². The van der Waals surface area contributed by atoms with E-state index in [2.05, 4.69) is 23.0 Å². The van der Waals surface area contributed by atoms with Gasteiger partial charge in [0.1, 0.15) is 5.75 Å². The number of ketones is 1. The van der Waals surface area contributed by atoms with E-state index in [0.29, 0.717) is 24.2 Å². The average Bonchev–Trinajstić information content (AvgIpc) is 3.11. The Balaban J connectivity index is 1.70. The van der Waals surface area contributed by atoms with Crippen LogP contribution in [0.2, 0.25) is 0 Å². The monoisotopic (exact) mass is 436 g/mol. The Morgan fingerprint density at radius 3 is 2.55 bits per heavy atom. The van der Waals surface area contributed by atoms with Crippen molar-refractivity contribution in [1.82, 2.24) is 4.57 Å². The summed E-state index contributed by atoms with van der Waals surface area (Å²) >= 11 is 0. The number of aryl methyl sites for hydroxylation is 1. The van der Waals surface area contributed by atoms with Gasteiger partial charge in [-0.25, -0.2) is 0 Å². The van der Waals surface area contributed by atoms with Gasteiger partial charge < -0.3 is 15.0 Å². The number of phenolic OH excluding ortho intramolecular Hbond substituents is 1. The summed E-state index contributed by atoms with van der Waals surface area (Å²) in [6, 6.07) is 19.2. The minimum Gasteiger partial charge on any atom is -0.508 e. The van der Waals surface area contributed by atoms with Crippen LogP contribution in [-0.4, -0.2) is 22.0 Å². The summed E-state index contributed by atoms with van der Waals surface area (Å²) < 4.78 is 2.18. The van der Waals surface area contributed by atoms with Crippen molar-refractivity contribution in [2.75, 3.05) is 11.9 Å². The van der Waals surface area contributed by atoms with E-state index in [9.17, 15) is 9.90 Å². The van der Waals surface area contributed by atoms with Gasteiger partial charge in [0.15, 0.2) is 5.78 Å². The second-order valence-electron chi connectivity index (χ2n) is 8.10. The highest BCUT2D eigenvalue weighted by Gasteiger charge is 2.22. The van der Waals surface area contributed by atoms with E-state index in [1.807, 2.05) is 68.4 Å². The van der Waals surface area contributed by atoms with Gasteiger partial charge in [0.2, 0.25) is 0 Å². The van der Waals surface area contributed by atoms with E-state index in [1.165, 1.54) is 0 Å². The molecule has 0 unspecified atom stereocenters. The quantitative estimate of drug-likeness (QED) is 0.306. The Morgan fingerprint density at radius 2 is 1.82 bits per heavy atom. The second kappa shape index (κ2) is 9.21. The van der Waals surface area contributed by atoms with Crippen LogP contribution in [0.25, 0.3) is 23.1 Å². The molecule has 0 aliphatic rings. The number of para-hydroxylation sites is 1. The number of hydrogen-bond acceptors (Lipinski definition) is 3. The fourth-order valence-corrected chi connectivity index (χ4v) is 4.36. The van der Waals surface area contributed by atoms with E-state index in [1.54, 1.807) is 18.2 Å².